The maximum atomic E-state index is 11.8. The quantitative estimate of drug-likeness (QED) is 0.210. The fraction of sp³-hybridized carbons (Fsp3) is 0.690. The number of methoxy groups -OCH3 is 1. The van der Waals surface area contributed by atoms with Gasteiger partial charge in [-0.15, -0.1) is 0 Å². The molecule has 0 bridgehead atoms. The number of unbranched alkanes of at least 4 members (excludes halogenated alkanes) is 2. The zero-order chi connectivity index (χ0) is 22.9. The van der Waals surface area contributed by atoms with Crippen LogP contribution in [-0.2, 0) is 16.1 Å². The van der Waals surface area contributed by atoms with Gasteiger partial charge in [0, 0.05) is 11.1 Å². The lowest BCUT2D eigenvalue weighted by atomic mass is 9.68. The summed E-state index contributed by atoms with van der Waals surface area (Å²) in [6, 6.07) is 6.43. The van der Waals surface area contributed by atoms with E-state index in [0.717, 1.165) is 29.1 Å². The van der Waals surface area contributed by atoms with Gasteiger partial charge in [0.1, 0.15) is 12.4 Å². The molecule has 0 atom stereocenters. The van der Waals surface area contributed by atoms with Crippen molar-refractivity contribution >= 4 is 5.97 Å². The third-order valence-electron chi connectivity index (χ3n) is 8.03. The molecule has 3 rings (SSSR count). The Morgan fingerprint density at radius 1 is 1.00 bits per heavy atom. The van der Waals surface area contributed by atoms with Crippen LogP contribution in [0.2, 0.25) is 0 Å². The van der Waals surface area contributed by atoms with Gasteiger partial charge in [-0.1, -0.05) is 58.1 Å². The SMILES string of the molecule is C=C(C)C(=O)OCc1cc(C2CCC(C3CCC(CCCCC)CC3)CC2)ccc1OC. The van der Waals surface area contributed by atoms with Crippen molar-refractivity contribution in [2.45, 2.75) is 103 Å². The van der Waals surface area contributed by atoms with E-state index in [1.165, 1.54) is 82.6 Å². The summed E-state index contributed by atoms with van der Waals surface area (Å²) in [7, 11) is 1.67. The summed E-state index contributed by atoms with van der Waals surface area (Å²) in [5.74, 6) is 3.94. The van der Waals surface area contributed by atoms with Crippen LogP contribution in [0.5, 0.6) is 5.75 Å². The molecular formula is C29H44O3. The zero-order valence-corrected chi connectivity index (χ0v) is 20.7. The molecule has 2 fully saturated rings. The first-order chi connectivity index (χ1) is 15.5. The molecule has 0 saturated heterocycles. The highest BCUT2D eigenvalue weighted by Gasteiger charge is 2.31. The molecular weight excluding hydrogens is 396 g/mol. The van der Waals surface area contributed by atoms with Crippen LogP contribution in [0.25, 0.3) is 0 Å². The number of ether oxygens (including phenoxy) is 2. The molecule has 0 aliphatic heterocycles. The molecule has 0 amide bonds. The molecule has 32 heavy (non-hydrogen) atoms. The van der Waals surface area contributed by atoms with Gasteiger partial charge in [-0.05, 0) is 86.8 Å². The lowest BCUT2D eigenvalue weighted by Crippen LogP contribution is -2.25. The van der Waals surface area contributed by atoms with E-state index in [9.17, 15) is 4.79 Å². The Morgan fingerprint density at radius 2 is 1.66 bits per heavy atom. The molecule has 2 aliphatic rings. The van der Waals surface area contributed by atoms with Crippen LogP contribution in [0, 0.1) is 17.8 Å². The molecule has 1 aromatic rings. The van der Waals surface area contributed by atoms with Crippen LogP contribution in [0.1, 0.15) is 108 Å². The number of benzene rings is 1. The Labute approximate surface area is 196 Å². The van der Waals surface area contributed by atoms with E-state index in [1.807, 2.05) is 6.07 Å². The zero-order valence-electron chi connectivity index (χ0n) is 20.7. The van der Waals surface area contributed by atoms with Crippen molar-refractivity contribution in [1.82, 2.24) is 0 Å². The summed E-state index contributed by atoms with van der Waals surface area (Å²) < 4.78 is 10.9. The second kappa shape index (κ2) is 12.5. The number of hydrogen-bond acceptors (Lipinski definition) is 3. The molecule has 0 N–H and O–H groups in total. The predicted molar refractivity (Wildman–Crippen MR) is 132 cm³/mol. The lowest BCUT2D eigenvalue weighted by Gasteiger charge is -2.38. The summed E-state index contributed by atoms with van der Waals surface area (Å²) in [6.07, 6.45) is 16.8. The number of esters is 1. The molecule has 178 valence electrons. The molecule has 3 heteroatoms. The average molecular weight is 441 g/mol. The van der Waals surface area contributed by atoms with Crippen LogP contribution in [0.4, 0.5) is 0 Å². The van der Waals surface area contributed by atoms with Crippen molar-refractivity contribution in [1.29, 1.82) is 0 Å². The van der Waals surface area contributed by atoms with Crippen molar-refractivity contribution in [2.75, 3.05) is 7.11 Å². The Hall–Kier alpha value is -1.77. The second-order valence-electron chi connectivity index (χ2n) is 10.3. The summed E-state index contributed by atoms with van der Waals surface area (Å²) in [5, 5.41) is 0. The Morgan fingerprint density at radius 3 is 2.25 bits per heavy atom. The first kappa shape index (κ1) is 24.9. The average Bonchev–Trinajstić information content (AvgIpc) is 2.83. The van der Waals surface area contributed by atoms with Gasteiger partial charge < -0.3 is 9.47 Å². The molecule has 0 spiro atoms. The van der Waals surface area contributed by atoms with Crippen LogP contribution in [0.15, 0.2) is 30.4 Å². The summed E-state index contributed by atoms with van der Waals surface area (Å²) in [5.41, 5.74) is 2.74. The Bertz CT molecular complexity index is 737. The van der Waals surface area contributed by atoms with Crippen LogP contribution >= 0.6 is 0 Å². The van der Waals surface area contributed by atoms with Crippen molar-refractivity contribution in [3.63, 3.8) is 0 Å². The molecule has 0 unspecified atom stereocenters. The molecule has 0 aromatic heterocycles. The van der Waals surface area contributed by atoms with Gasteiger partial charge in [0.05, 0.1) is 7.11 Å². The van der Waals surface area contributed by atoms with E-state index in [0.29, 0.717) is 11.5 Å². The van der Waals surface area contributed by atoms with Gasteiger partial charge >= 0.3 is 5.97 Å². The van der Waals surface area contributed by atoms with Gasteiger partial charge in [0.25, 0.3) is 0 Å². The van der Waals surface area contributed by atoms with Gasteiger partial charge in [-0.3, -0.25) is 0 Å². The topological polar surface area (TPSA) is 35.5 Å². The van der Waals surface area contributed by atoms with Crippen LogP contribution in [-0.4, -0.2) is 13.1 Å². The van der Waals surface area contributed by atoms with Crippen molar-refractivity contribution in [3.8, 4) is 5.75 Å². The van der Waals surface area contributed by atoms with Gasteiger partial charge in [-0.2, -0.15) is 0 Å². The number of rotatable bonds is 10. The highest BCUT2D eigenvalue weighted by molar-refractivity contribution is 5.86. The molecule has 0 heterocycles. The summed E-state index contributed by atoms with van der Waals surface area (Å²) in [4.78, 5) is 11.8. The van der Waals surface area contributed by atoms with E-state index in [-0.39, 0.29) is 12.6 Å². The number of hydrogen-bond donors (Lipinski definition) is 0. The van der Waals surface area contributed by atoms with Crippen molar-refractivity contribution in [2.24, 2.45) is 17.8 Å². The maximum absolute atomic E-state index is 11.8. The Balaban J connectivity index is 1.50. The molecule has 1 aromatic carbocycles. The standard InChI is InChI=1S/C29H44O3/c1-5-6-7-8-22-9-11-23(12-10-22)24-13-15-25(16-14-24)26-17-18-28(31-4)27(19-26)20-32-29(30)21(2)3/h17-19,22-25H,2,5-16,20H2,1,3-4H3. The monoisotopic (exact) mass is 440 g/mol. The van der Waals surface area contributed by atoms with E-state index in [4.69, 9.17) is 9.47 Å². The minimum absolute atomic E-state index is 0.236. The predicted octanol–water partition coefficient (Wildman–Crippen LogP) is 7.98. The lowest BCUT2D eigenvalue weighted by molar-refractivity contribution is -0.140. The molecule has 0 radical (unpaired) electrons. The summed E-state index contributed by atoms with van der Waals surface area (Å²) in [6.45, 7) is 7.87. The van der Waals surface area contributed by atoms with Gasteiger partial charge in [-0.25, -0.2) is 4.79 Å². The van der Waals surface area contributed by atoms with E-state index in [1.54, 1.807) is 14.0 Å². The van der Waals surface area contributed by atoms with E-state index in [2.05, 4.69) is 25.6 Å². The smallest absolute Gasteiger partial charge is 0.333 e. The maximum Gasteiger partial charge on any atom is 0.333 e. The third kappa shape index (κ3) is 6.86. The van der Waals surface area contributed by atoms with Crippen LogP contribution < -0.4 is 4.74 Å². The fourth-order valence-corrected chi connectivity index (χ4v) is 5.99. The normalized spacial score (nSPS) is 25.8. The fourth-order valence-electron chi connectivity index (χ4n) is 5.99. The van der Waals surface area contributed by atoms with E-state index < -0.39 is 0 Å². The minimum atomic E-state index is -0.349. The second-order valence-corrected chi connectivity index (χ2v) is 10.3. The minimum Gasteiger partial charge on any atom is -0.496 e. The van der Waals surface area contributed by atoms with Gasteiger partial charge in [0.15, 0.2) is 0 Å². The first-order valence-electron chi connectivity index (χ1n) is 13.0. The Kier molecular flexibility index (Phi) is 9.69. The van der Waals surface area contributed by atoms with Gasteiger partial charge in [0.2, 0.25) is 0 Å². The number of carbonyl (C=O) groups excluding carboxylic acids is 1. The molecule has 2 aliphatic carbocycles. The number of carbonyl (C=O) groups is 1. The highest BCUT2D eigenvalue weighted by Crippen LogP contribution is 2.45. The molecule has 2 saturated carbocycles. The largest absolute Gasteiger partial charge is 0.496 e. The van der Waals surface area contributed by atoms with E-state index >= 15 is 0 Å². The highest BCUT2D eigenvalue weighted by atomic mass is 16.5. The summed E-state index contributed by atoms with van der Waals surface area (Å²) >= 11 is 0. The van der Waals surface area contributed by atoms with Crippen LogP contribution in [0.3, 0.4) is 0 Å². The third-order valence-corrected chi connectivity index (χ3v) is 8.03. The molecule has 3 nitrogen and oxygen atoms in total. The van der Waals surface area contributed by atoms with Crippen molar-refractivity contribution in [3.05, 3.63) is 41.5 Å². The van der Waals surface area contributed by atoms with Crippen molar-refractivity contribution < 1.29 is 14.3 Å². The first-order valence-corrected chi connectivity index (χ1v) is 13.0.